The number of rotatable bonds is 3. The molecular formula is C17H11N3O. The van der Waals surface area contributed by atoms with Gasteiger partial charge in [0.1, 0.15) is 11.5 Å². The van der Waals surface area contributed by atoms with Crippen molar-refractivity contribution in [1.29, 1.82) is 5.26 Å². The number of benzene rings is 2. The summed E-state index contributed by atoms with van der Waals surface area (Å²) in [7, 11) is 0. The number of hydrogen-bond acceptors (Lipinski definition) is 4. The van der Waals surface area contributed by atoms with Crippen LogP contribution in [0.25, 0.3) is 11.3 Å². The second kappa shape index (κ2) is 5.85. The summed E-state index contributed by atoms with van der Waals surface area (Å²) in [6.45, 7) is 0. The molecule has 3 aromatic rings. The van der Waals surface area contributed by atoms with Gasteiger partial charge in [-0.2, -0.15) is 5.26 Å². The van der Waals surface area contributed by atoms with Crippen molar-refractivity contribution in [2.24, 2.45) is 0 Å². The van der Waals surface area contributed by atoms with Crippen molar-refractivity contribution in [2.75, 3.05) is 0 Å². The highest BCUT2D eigenvalue weighted by Crippen LogP contribution is 2.31. The van der Waals surface area contributed by atoms with Crippen molar-refractivity contribution in [3.05, 3.63) is 72.7 Å². The SMILES string of the molecule is N#Cc1ccc(Oc2ccccc2-c2cnccn2)cc1. The summed E-state index contributed by atoms with van der Waals surface area (Å²) in [6.07, 6.45) is 4.97. The lowest BCUT2D eigenvalue weighted by atomic mass is 10.1. The molecule has 0 spiro atoms. The molecule has 0 saturated heterocycles. The summed E-state index contributed by atoms with van der Waals surface area (Å²) < 4.78 is 5.89. The lowest BCUT2D eigenvalue weighted by Gasteiger charge is -2.10. The highest BCUT2D eigenvalue weighted by atomic mass is 16.5. The topological polar surface area (TPSA) is 58.8 Å². The van der Waals surface area contributed by atoms with Gasteiger partial charge in [0.05, 0.1) is 23.5 Å². The monoisotopic (exact) mass is 273 g/mol. The highest BCUT2D eigenvalue weighted by molar-refractivity contribution is 5.66. The zero-order valence-corrected chi connectivity index (χ0v) is 11.1. The van der Waals surface area contributed by atoms with Gasteiger partial charge >= 0.3 is 0 Å². The molecular weight excluding hydrogens is 262 g/mol. The molecule has 0 radical (unpaired) electrons. The van der Waals surface area contributed by atoms with Crippen LogP contribution in [0.5, 0.6) is 11.5 Å². The summed E-state index contributed by atoms with van der Waals surface area (Å²) in [5.41, 5.74) is 2.22. The Morgan fingerprint density at radius 1 is 0.952 bits per heavy atom. The number of aromatic nitrogens is 2. The molecule has 0 amide bonds. The van der Waals surface area contributed by atoms with Crippen LogP contribution < -0.4 is 4.74 Å². The maximum Gasteiger partial charge on any atom is 0.136 e. The molecule has 0 aliphatic carbocycles. The van der Waals surface area contributed by atoms with Crippen LogP contribution in [0, 0.1) is 11.3 Å². The van der Waals surface area contributed by atoms with Gasteiger partial charge in [0.15, 0.2) is 0 Å². The summed E-state index contributed by atoms with van der Waals surface area (Å²) in [5.74, 6) is 1.37. The highest BCUT2D eigenvalue weighted by Gasteiger charge is 2.08. The summed E-state index contributed by atoms with van der Waals surface area (Å²) in [4.78, 5) is 8.37. The van der Waals surface area contributed by atoms with E-state index in [-0.39, 0.29) is 0 Å². The molecule has 0 saturated carbocycles. The quantitative estimate of drug-likeness (QED) is 0.728. The smallest absolute Gasteiger partial charge is 0.136 e. The van der Waals surface area contributed by atoms with Crippen LogP contribution in [0.2, 0.25) is 0 Å². The van der Waals surface area contributed by atoms with Gasteiger partial charge in [-0.1, -0.05) is 12.1 Å². The van der Waals surface area contributed by atoms with Crippen LogP contribution in [0.1, 0.15) is 5.56 Å². The van der Waals surface area contributed by atoms with Gasteiger partial charge in [0, 0.05) is 18.0 Å². The van der Waals surface area contributed by atoms with E-state index >= 15 is 0 Å². The van der Waals surface area contributed by atoms with Crippen molar-refractivity contribution < 1.29 is 4.74 Å². The molecule has 4 heteroatoms. The van der Waals surface area contributed by atoms with Crippen LogP contribution in [0.3, 0.4) is 0 Å². The largest absolute Gasteiger partial charge is 0.457 e. The van der Waals surface area contributed by atoms with Gasteiger partial charge in [-0.15, -0.1) is 0 Å². The first kappa shape index (κ1) is 12.8. The Hall–Kier alpha value is -3.19. The predicted octanol–water partition coefficient (Wildman–Crippen LogP) is 3.81. The first-order chi connectivity index (χ1) is 10.4. The fraction of sp³-hybridized carbons (Fsp3) is 0. The van der Waals surface area contributed by atoms with E-state index in [0.717, 1.165) is 11.3 Å². The van der Waals surface area contributed by atoms with E-state index in [9.17, 15) is 0 Å². The zero-order valence-electron chi connectivity index (χ0n) is 11.1. The van der Waals surface area contributed by atoms with Crippen molar-refractivity contribution in [3.63, 3.8) is 0 Å². The summed E-state index contributed by atoms with van der Waals surface area (Å²) in [6, 6.07) is 16.7. The normalized spacial score (nSPS) is 9.86. The number of para-hydroxylation sites is 1. The number of hydrogen-bond donors (Lipinski definition) is 0. The molecule has 0 N–H and O–H groups in total. The molecule has 0 atom stereocenters. The predicted molar refractivity (Wildman–Crippen MR) is 78.7 cm³/mol. The van der Waals surface area contributed by atoms with E-state index in [2.05, 4.69) is 16.0 Å². The lowest BCUT2D eigenvalue weighted by molar-refractivity contribution is 0.484. The molecule has 0 fully saturated rings. The summed E-state index contributed by atoms with van der Waals surface area (Å²) >= 11 is 0. The molecule has 4 nitrogen and oxygen atoms in total. The van der Waals surface area contributed by atoms with Crippen LogP contribution >= 0.6 is 0 Å². The minimum atomic E-state index is 0.601. The average molecular weight is 273 g/mol. The van der Waals surface area contributed by atoms with Gasteiger partial charge in [-0.05, 0) is 36.4 Å². The van der Waals surface area contributed by atoms with E-state index < -0.39 is 0 Å². The molecule has 0 bridgehead atoms. The van der Waals surface area contributed by atoms with Crippen LogP contribution in [0.4, 0.5) is 0 Å². The Balaban J connectivity index is 1.94. The van der Waals surface area contributed by atoms with E-state index in [0.29, 0.717) is 17.1 Å². The minimum Gasteiger partial charge on any atom is -0.457 e. The Morgan fingerprint density at radius 2 is 1.76 bits per heavy atom. The molecule has 1 heterocycles. The molecule has 0 unspecified atom stereocenters. The van der Waals surface area contributed by atoms with Crippen LogP contribution in [0.15, 0.2) is 67.1 Å². The van der Waals surface area contributed by atoms with Gasteiger partial charge in [-0.3, -0.25) is 9.97 Å². The van der Waals surface area contributed by atoms with Gasteiger partial charge in [-0.25, -0.2) is 0 Å². The van der Waals surface area contributed by atoms with E-state index in [4.69, 9.17) is 10.00 Å². The van der Waals surface area contributed by atoms with Crippen molar-refractivity contribution in [1.82, 2.24) is 9.97 Å². The van der Waals surface area contributed by atoms with E-state index in [1.807, 2.05) is 24.3 Å². The maximum atomic E-state index is 8.80. The molecule has 1 aromatic heterocycles. The lowest BCUT2D eigenvalue weighted by Crippen LogP contribution is -1.90. The van der Waals surface area contributed by atoms with Gasteiger partial charge in [0.2, 0.25) is 0 Å². The minimum absolute atomic E-state index is 0.601. The second-order valence-electron chi connectivity index (χ2n) is 4.33. The van der Waals surface area contributed by atoms with Crippen molar-refractivity contribution in [3.8, 4) is 28.8 Å². The third-order valence-corrected chi connectivity index (χ3v) is 2.94. The first-order valence-corrected chi connectivity index (χ1v) is 6.40. The van der Waals surface area contributed by atoms with Gasteiger partial charge in [0.25, 0.3) is 0 Å². The van der Waals surface area contributed by atoms with E-state index in [1.54, 1.807) is 42.9 Å². The van der Waals surface area contributed by atoms with Crippen molar-refractivity contribution >= 4 is 0 Å². The van der Waals surface area contributed by atoms with E-state index in [1.165, 1.54) is 0 Å². The Morgan fingerprint density at radius 3 is 2.48 bits per heavy atom. The van der Waals surface area contributed by atoms with Crippen molar-refractivity contribution in [2.45, 2.75) is 0 Å². The first-order valence-electron chi connectivity index (χ1n) is 6.40. The fourth-order valence-corrected chi connectivity index (χ4v) is 1.93. The summed E-state index contributed by atoms with van der Waals surface area (Å²) in [5, 5.41) is 8.80. The maximum absolute atomic E-state index is 8.80. The number of ether oxygens (including phenoxy) is 1. The molecule has 2 aromatic carbocycles. The van der Waals surface area contributed by atoms with Gasteiger partial charge < -0.3 is 4.74 Å². The molecule has 100 valence electrons. The van der Waals surface area contributed by atoms with Crippen LogP contribution in [-0.2, 0) is 0 Å². The molecule has 3 rings (SSSR count). The average Bonchev–Trinajstić information content (AvgIpc) is 2.57. The molecule has 21 heavy (non-hydrogen) atoms. The molecule has 0 aliphatic heterocycles. The fourth-order valence-electron chi connectivity index (χ4n) is 1.93. The third kappa shape index (κ3) is 2.88. The Kier molecular flexibility index (Phi) is 3.57. The zero-order chi connectivity index (χ0) is 14.5. The number of nitrogens with zero attached hydrogens (tertiary/aromatic N) is 3. The standard InChI is InChI=1S/C17H11N3O/c18-11-13-5-7-14(8-6-13)21-17-4-2-1-3-15(17)16-12-19-9-10-20-16/h1-10,12H. The Labute approximate surface area is 122 Å². The second-order valence-corrected chi connectivity index (χ2v) is 4.33. The Bertz CT molecular complexity index is 777. The molecule has 0 aliphatic rings. The van der Waals surface area contributed by atoms with Crippen LogP contribution in [-0.4, -0.2) is 9.97 Å². The number of nitriles is 1. The third-order valence-electron chi connectivity index (χ3n) is 2.94.